The van der Waals surface area contributed by atoms with Gasteiger partial charge in [-0.2, -0.15) is 0 Å². The number of carbonyl (C=O) groups is 1. The van der Waals surface area contributed by atoms with Crippen LogP contribution in [0.1, 0.15) is 28.5 Å². The third kappa shape index (κ3) is 4.23. The normalized spacial score (nSPS) is 12.0. The van der Waals surface area contributed by atoms with Crippen LogP contribution in [-0.4, -0.2) is 27.3 Å². The van der Waals surface area contributed by atoms with E-state index in [1.54, 1.807) is 22.2 Å². The Bertz CT molecular complexity index is 907. The first-order valence-electron chi connectivity index (χ1n) is 8.10. The Morgan fingerprint density at radius 2 is 2.08 bits per heavy atom. The van der Waals surface area contributed by atoms with Gasteiger partial charge in [-0.1, -0.05) is 29.8 Å². The predicted molar refractivity (Wildman–Crippen MR) is 102 cm³/mol. The smallest absolute Gasteiger partial charge is 0.258 e. The lowest BCUT2D eigenvalue weighted by molar-refractivity contribution is -0.123. The fourth-order valence-electron chi connectivity index (χ4n) is 2.58. The van der Waals surface area contributed by atoms with Crippen molar-refractivity contribution in [3.8, 4) is 11.6 Å². The molecule has 0 saturated heterocycles. The number of hydrogen-bond donors (Lipinski definition) is 1. The van der Waals surface area contributed by atoms with E-state index < -0.39 is 0 Å². The summed E-state index contributed by atoms with van der Waals surface area (Å²) in [4.78, 5) is 17.6. The Balaban J connectivity index is 1.59. The number of nitrogens with one attached hydrogen (secondary N) is 1. The SMILES string of the molecule is Cc1nc(C)c(C(C)NC(=O)COc2nn(-c3ccccc3)cc2Cl)s1. The van der Waals surface area contributed by atoms with Crippen LogP contribution in [-0.2, 0) is 4.79 Å². The molecule has 2 aromatic heterocycles. The first kappa shape index (κ1) is 18.4. The molecule has 136 valence electrons. The van der Waals surface area contributed by atoms with Crippen LogP contribution in [0.3, 0.4) is 0 Å². The Morgan fingerprint density at radius 3 is 2.73 bits per heavy atom. The molecule has 1 atom stereocenters. The fourth-order valence-corrected chi connectivity index (χ4v) is 3.69. The van der Waals surface area contributed by atoms with Crippen molar-refractivity contribution in [3.63, 3.8) is 0 Å². The van der Waals surface area contributed by atoms with Crippen molar-refractivity contribution in [2.24, 2.45) is 0 Å². The van der Waals surface area contributed by atoms with Crippen LogP contribution in [0.15, 0.2) is 36.5 Å². The Kier molecular flexibility index (Phi) is 5.58. The summed E-state index contributed by atoms with van der Waals surface area (Å²) in [6, 6.07) is 9.41. The topological polar surface area (TPSA) is 69.0 Å². The number of nitrogens with zero attached hydrogens (tertiary/aromatic N) is 3. The molecule has 3 aromatic rings. The van der Waals surface area contributed by atoms with Gasteiger partial charge >= 0.3 is 0 Å². The van der Waals surface area contributed by atoms with Crippen LogP contribution in [0.4, 0.5) is 0 Å². The average Bonchev–Trinajstić information content (AvgIpc) is 3.15. The Morgan fingerprint density at radius 1 is 1.35 bits per heavy atom. The van der Waals surface area contributed by atoms with E-state index >= 15 is 0 Å². The number of para-hydroxylation sites is 1. The molecule has 6 nitrogen and oxygen atoms in total. The minimum atomic E-state index is -0.242. The molecule has 26 heavy (non-hydrogen) atoms. The van der Waals surface area contributed by atoms with Gasteiger partial charge in [0.05, 0.1) is 28.6 Å². The molecule has 1 amide bonds. The second kappa shape index (κ2) is 7.88. The number of hydrogen-bond acceptors (Lipinski definition) is 5. The number of rotatable bonds is 6. The van der Waals surface area contributed by atoms with Crippen LogP contribution in [0.25, 0.3) is 5.69 Å². The second-order valence-electron chi connectivity index (χ2n) is 5.82. The maximum Gasteiger partial charge on any atom is 0.258 e. The van der Waals surface area contributed by atoms with Gasteiger partial charge in [0.1, 0.15) is 5.02 Å². The first-order chi connectivity index (χ1) is 12.4. The fraction of sp³-hybridized carbons (Fsp3) is 0.278. The lowest BCUT2D eigenvalue weighted by Crippen LogP contribution is -2.31. The average molecular weight is 391 g/mol. The number of ether oxygens (including phenoxy) is 1. The predicted octanol–water partition coefficient (Wildman–Crippen LogP) is 3.86. The summed E-state index contributed by atoms with van der Waals surface area (Å²) in [5.74, 6) is -0.0172. The molecule has 8 heteroatoms. The van der Waals surface area contributed by atoms with Gasteiger partial charge < -0.3 is 10.1 Å². The maximum absolute atomic E-state index is 12.2. The van der Waals surface area contributed by atoms with E-state index in [9.17, 15) is 4.79 Å². The quantitative estimate of drug-likeness (QED) is 0.694. The molecule has 0 bridgehead atoms. The molecule has 0 aliphatic heterocycles. The van der Waals surface area contributed by atoms with Gasteiger partial charge in [-0.05, 0) is 32.9 Å². The summed E-state index contributed by atoms with van der Waals surface area (Å²) < 4.78 is 7.10. The molecule has 3 rings (SSSR count). The number of aromatic nitrogens is 3. The zero-order valence-electron chi connectivity index (χ0n) is 14.7. The minimum absolute atomic E-state index is 0.130. The van der Waals surface area contributed by atoms with Gasteiger partial charge in [-0.25, -0.2) is 9.67 Å². The summed E-state index contributed by atoms with van der Waals surface area (Å²) in [5.41, 5.74) is 1.80. The molecule has 0 saturated carbocycles. The number of amides is 1. The summed E-state index contributed by atoms with van der Waals surface area (Å²) in [6.45, 7) is 5.65. The molecule has 0 aliphatic rings. The number of thiazole rings is 1. The van der Waals surface area contributed by atoms with E-state index in [4.69, 9.17) is 16.3 Å². The zero-order valence-corrected chi connectivity index (χ0v) is 16.3. The van der Waals surface area contributed by atoms with Crippen LogP contribution in [0.5, 0.6) is 5.88 Å². The van der Waals surface area contributed by atoms with Gasteiger partial charge in [0.2, 0.25) is 0 Å². The largest absolute Gasteiger partial charge is 0.465 e. The Hall–Kier alpha value is -2.38. The number of carbonyl (C=O) groups excluding carboxylic acids is 1. The van der Waals surface area contributed by atoms with Gasteiger partial charge in [0, 0.05) is 4.88 Å². The molecule has 2 heterocycles. The molecule has 1 aromatic carbocycles. The maximum atomic E-state index is 12.2. The van der Waals surface area contributed by atoms with E-state index in [2.05, 4.69) is 15.4 Å². The van der Waals surface area contributed by atoms with Crippen molar-refractivity contribution in [1.82, 2.24) is 20.1 Å². The van der Waals surface area contributed by atoms with E-state index in [0.717, 1.165) is 21.3 Å². The number of halogens is 1. The highest BCUT2D eigenvalue weighted by molar-refractivity contribution is 7.11. The highest BCUT2D eigenvalue weighted by Gasteiger charge is 2.17. The highest BCUT2D eigenvalue weighted by Crippen LogP contribution is 2.25. The van der Waals surface area contributed by atoms with Crippen molar-refractivity contribution in [2.45, 2.75) is 26.8 Å². The van der Waals surface area contributed by atoms with Crippen LogP contribution < -0.4 is 10.1 Å². The van der Waals surface area contributed by atoms with Crippen molar-refractivity contribution in [2.75, 3.05) is 6.61 Å². The van der Waals surface area contributed by atoms with E-state index in [-0.39, 0.29) is 24.4 Å². The number of benzene rings is 1. The summed E-state index contributed by atoms with van der Waals surface area (Å²) in [7, 11) is 0. The van der Waals surface area contributed by atoms with Crippen molar-refractivity contribution < 1.29 is 9.53 Å². The molecular formula is C18H19ClN4O2S. The van der Waals surface area contributed by atoms with Gasteiger partial charge in [-0.15, -0.1) is 16.4 Å². The molecule has 0 fully saturated rings. The van der Waals surface area contributed by atoms with Crippen LogP contribution in [0, 0.1) is 13.8 Å². The van der Waals surface area contributed by atoms with Gasteiger partial charge in [0.25, 0.3) is 11.8 Å². The molecule has 0 spiro atoms. The van der Waals surface area contributed by atoms with Gasteiger partial charge in [0.15, 0.2) is 6.61 Å². The Labute approximate surface area is 160 Å². The third-order valence-corrected chi connectivity index (χ3v) is 5.22. The molecule has 1 N–H and O–H groups in total. The summed E-state index contributed by atoms with van der Waals surface area (Å²) >= 11 is 7.74. The lowest BCUT2D eigenvalue weighted by atomic mass is 10.2. The number of aryl methyl sites for hydroxylation is 2. The van der Waals surface area contributed by atoms with E-state index in [1.165, 1.54) is 0 Å². The second-order valence-corrected chi connectivity index (χ2v) is 7.46. The third-order valence-electron chi connectivity index (χ3n) is 3.71. The van der Waals surface area contributed by atoms with Crippen molar-refractivity contribution in [1.29, 1.82) is 0 Å². The van der Waals surface area contributed by atoms with Crippen molar-refractivity contribution >= 4 is 28.8 Å². The van der Waals surface area contributed by atoms with E-state index in [1.807, 2.05) is 51.1 Å². The lowest BCUT2D eigenvalue weighted by Gasteiger charge is -2.13. The highest BCUT2D eigenvalue weighted by atomic mass is 35.5. The molecular weight excluding hydrogens is 372 g/mol. The molecule has 1 unspecified atom stereocenters. The molecule has 0 radical (unpaired) electrons. The molecule has 0 aliphatic carbocycles. The first-order valence-corrected chi connectivity index (χ1v) is 9.30. The zero-order chi connectivity index (χ0) is 18.7. The monoisotopic (exact) mass is 390 g/mol. The summed E-state index contributed by atoms with van der Waals surface area (Å²) in [6.07, 6.45) is 1.65. The minimum Gasteiger partial charge on any atom is -0.465 e. The van der Waals surface area contributed by atoms with E-state index in [0.29, 0.717) is 5.02 Å². The summed E-state index contributed by atoms with van der Waals surface area (Å²) in [5, 5.41) is 8.52. The standard InChI is InChI=1S/C18H19ClN4O2S/c1-11-17(26-13(3)20-11)12(2)21-16(24)10-25-18-15(19)9-23(22-18)14-7-5-4-6-8-14/h4-9,12H,10H2,1-3H3,(H,21,24). The van der Waals surface area contributed by atoms with Crippen molar-refractivity contribution in [3.05, 3.63) is 57.1 Å². The van der Waals surface area contributed by atoms with Crippen LogP contribution in [0.2, 0.25) is 5.02 Å². The van der Waals surface area contributed by atoms with Gasteiger partial charge in [-0.3, -0.25) is 4.79 Å². The van der Waals surface area contributed by atoms with Crippen LogP contribution >= 0.6 is 22.9 Å².